The molecule has 1 amide bonds. The lowest BCUT2D eigenvalue weighted by Crippen LogP contribution is -2.12. The Morgan fingerprint density at radius 2 is 2.19 bits per heavy atom. The second kappa shape index (κ2) is 7.43. The summed E-state index contributed by atoms with van der Waals surface area (Å²) in [5, 5.41) is 3.24. The van der Waals surface area contributed by atoms with Crippen molar-refractivity contribution in [2.75, 3.05) is 11.9 Å². The van der Waals surface area contributed by atoms with E-state index in [1.54, 1.807) is 30.5 Å². The predicted molar refractivity (Wildman–Crippen MR) is 87.1 cm³/mol. The molecule has 0 aliphatic heterocycles. The minimum absolute atomic E-state index is 0.248. The molecule has 4 nitrogen and oxygen atoms in total. The highest BCUT2D eigenvalue weighted by Crippen LogP contribution is 2.28. The zero-order chi connectivity index (χ0) is 15.2. The molecule has 0 aliphatic rings. The minimum atomic E-state index is -0.248. The molecule has 1 aromatic carbocycles. The Morgan fingerprint density at radius 3 is 2.86 bits per heavy atom. The summed E-state index contributed by atoms with van der Waals surface area (Å²) in [5.74, 6) is 0.364. The molecule has 0 spiro atoms. The van der Waals surface area contributed by atoms with Gasteiger partial charge in [-0.3, -0.25) is 9.78 Å². The van der Waals surface area contributed by atoms with Crippen LogP contribution in [0.5, 0.6) is 5.75 Å². The number of pyridine rings is 1. The number of nitrogens with zero attached hydrogens (tertiary/aromatic N) is 1. The fourth-order valence-electron chi connectivity index (χ4n) is 1.65. The number of ether oxygens (including phenoxy) is 1. The molecule has 0 fully saturated rings. The lowest BCUT2D eigenvalue weighted by molar-refractivity contribution is 0.102. The highest BCUT2D eigenvalue weighted by Gasteiger charge is 2.09. The molecule has 1 heterocycles. The van der Waals surface area contributed by atoms with Crippen molar-refractivity contribution in [1.82, 2.24) is 4.98 Å². The summed E-state index contributed by atoms with van der Waals surface area (Å²) < 4.78 is 6.23. The summed E-state index contributed by atoms with van der Waals surface area (Å²) in [6.07, 6.45) is 4.03. The largest absolute Gasteiger partial charge is 0.492 e. The Morgan fingerprint density at radius 1 is 1.38 bits per heavy atom. The van der Waals surface area contributed by atoms with E-state index < -0.39 is 0 Å². The van der Waals surface area contributed by atoms with Crippen LogP contribution in [0.3, 0.4) is 0 Å². The quantitative estimate of drug-likeness (QED) is 0.842. The summed E-state index contributed by atoms with van der Waals surface area (Å²) in [5.41, 5.74) is 1.07. The number of rotatable bonds is 5. The molecule has 0 aliphatic carbocycles. The number of nitrogens with one attached hydrogen (secondary N) is 1. The third kappa shape index (κ3) is 4.44. The maximum Gasteiger partial charge on any atom is 0.257 e. The van der Waals surface area contributed by atoms with Crippen molar-refractivity contribution in [3.05, 3.63) is 51.7 Å². The predicted octanol–water partition coefficient (Wildman–Crippen LogP) is 4.54. The van der Waals surface area contributed by atoms with Crippen LogP contribution >= 0.6 is 27.5 Å². The van der Waals surface area contributed by atoms with E-state index in [0.29, 0.717) is 28.6 Å². The average molecular weight is 370 g/mol. The van der Waals surface area contributed by atoms with Crippen molar-refractivity contribution >= 4 is 39.1 Å². The number of carbonyl (C=O) groups excluding carboxylic acids is 1. The maximum atomic E-state index is 12.1. The second-order valence-electron chi connectivity index (χ2n) is 4.34. The van der Waals surface area contributed by atoms with Crippen LogP contribution in [0.25, 0.3) is 0 Å². The van der Waals surface area contributed by atoms with Crippen molar-refractivity contribution in [3.63, 3.8) is 0 Å². The molecule has 21 heavy (non-hydrogen) atoms. The van der Waals surface area contributed by atoms with Crippen molar-refractivity contribution in [1.29, 1.82) is 0 Å². The van der Waals surface area contributed by atoms with Gasteiger partial charge in [0.15, 0.2) is 0 Å². The van der Waals surface area contributed by atoms with E-state index in [2.05, 4.69) is 26.2 Å². The van der Waals surface area contributed by atoms with Gasteiger partial charge in [-0.05, 0) is 46.6 Å². The molecule has 0 bridgehead atoms. The number of anilines is 1. The first kappa shape index (κ1) is 15.8. The molecule has 2 aromatic rings. The van der Waals surface area contributed by atoms with Gasteiger partial charge in [0.2, 0.25) is 0 Å². The Labute approximate surface area is 136 Å². The number of hydrogen-bond acceptors (Lipinski definition) is 3. The van der Waals surface area contributed by atoms with E-state index in [4.69, 9.17) is 16.3 Å². The lowest BCUT2D eigenvalue weighted by Gasteiger charge is -2.10. The van der Waals surface area contributed by atoms with E-state index in [-0.39, 0.29) is 5.91 Å². The fraction of sp³-hybridized carbons (Fsp3) is 0.200. The van der Waals surface area contributed by atoms with Crippen LogP contribution in [0.2, 0.25) is 5.02 Å². The summed E-state index contributed by atoms with van der Waals surface area (Å²) in [6, 6.07) is 6.85. The number of carbonyl (C=O) groups is 1. The first-order chi connectivity index (χ1) is 10.1. The molecule has 1 aromatic heterocycles. The van der Waals surface area contributed by atoms with Gasteiger partial charge >= 0.3 is 0 Å². The first-order valence-electron chi connectivity index (χ1n) is 6.44. The smallest absolute Gasteiger partial charge is 0.257 e. The molecule has 0 unspecified atom stereocenters. The zero-order valence-corrected chi connectivity index (χ0v) is 13.7. The Bertz CT molecular complexity index is 649. The maximum absolute atomic E-state index is 12.1. The van der Waals surface area contributed by atoms with Crippen LogP contribution in [-0.2, 0) is 0 Å². The number of benzene rings is 1. The normalized spacial score (nSPS) is 10.2. The summed E-state index contributed by atoms with van der Waals surface area (Å²) in [4.78, 5) is 16.0. The zero-order valence-electron chi connectivity index (χ0n) is 11.4. The van der Waals surface area contributed by atoms with Crippen LogP contribution < -0.4 is 10.1 Å². The molecule has 0 radical (unpaired) electrons. The van der Waals surface area contributed by atoms with E-state index in [0.717, 1.165) is 10.9 Å². The van der Waals surface area contributed by atoms with E-state index in [1.165, 1.54) is 6.20 Å². The summed E-state index contributed by atoms with van der Waals surface area (Å²) >= 11 is 9.40. The van der Waals surface area contributed by atoms with Crippen LogP contribution in [0.15, 0.2) is 41.1 Å². The topological polar surface area (TPSA) is 51.2 Å². The van der Waals surface area contributed by atoms with Crippen LogP contribution in [0.1, 0.15) is 23.7 Å². The minimum Gasteiger partial charge on any atom is -0.492 e. The monoisotopic (exact) mass is 368 g/mol. The van der Waals surface area contributed by atoms with Gasteiger partial charge < -0.3 is 10.1 Å². The van der Waals surface area contributed by atoms with Crippen LogP contribution in [-0.4, -0.2) is 17.5 Å². The van der Waals surface area contributed by atoms with E-state index in [9.17, 15) is 4.79 Å². The Kier molecular flexibility index (Phi) is 5.59. The van der Waals surface area contributed by atoms with Crippen molar-refractivity contribution in [2.24, 2.45) is 0 Å². The van der Waals surface area contributed by atoms with Crippen molar-refractivity contribution < 1.29 is 9.53 Å². The van der Waals surface area contributed by atoms with Gasteiger partial charge in [0.25, 0.3) is 5.91 Å². The molecule has 0 saturated carbocycles. The van der Waals surface area contributed by atoms with Gasteiger partial charge in [-0.2, -0.15) is 0 Å². The average Bonchev–Trinajstić information content (AvgIpc) is 2.46. The second-order valence-corrected chi connectivity index (χ2v) is 5.66. The van der Waals surface area contributed by atoms with Gasteiger partial charge in [-0.1, -0.05) is 18.5 Å². The highest BCUT2D eigenvalue weighted by atomic mass is 79.9. The summed E-state index contributed by atoms with van der Waals surface area (Å²) in [6.45, 7) is 2.63. The highest BCUT2D eigenvalue weighted by molar-refractivity contribution is 9.10. The van der Waals surface area contributed by atoms with Gasteiger partial charge in [-0.25, -0.2) is 0 Å². The number of amides is 1. The third-order valence-electron chi connectivity index (χ3n) is 2.62. The number of hydrogen-bond donors (Lipinski definition) is 1. The Balaban J connectivity index is 2.09. The molecule has 2 rings (SSSR count). The van der Waals surface area contributed by atoms with Crippen molar-refractivity contribution in [2.45, 2.75) is 13.3 Å². The molecule has 0 atom stereocenters. The van der Waals surface area contributed by atoms with Crippen LogP contribution in [0.4, 0.5) is 5.69 Å². The Hall–Kier alpha value is -1.59. The molecular formula is C15H14BrClN2O2. The molecule has 6 heteroatoms. The van der Waals surface area contributed by atoms with Gasteiger partial charge in [-0.15, -0.1) is 0 Å². The van der Waals surface area contributed by atoms with Crippen molar-refractivity contribution in [3.8, 4) is 5.75 Å². The summed E-state index contributed by atoms with van der Waals surface area (Å²) in [7, 11) is 0. The van der Waals surface area contributed by atoms with Gasteiger partial charge in [0.1, 0.15) is 5.75 Å². The fourth-order valence-corrected chi connectivity index (χ4v) is 2.25. The first-order valence-corrected chi connectivity index (χ1v) is 7.61. The number of aromatic nitrogens is 1. The molecule has 1 N–H and O–H groups in total. The molecular weight excluding hydrogens is 356 g/mol. The standard InChI is InChI=1S/C15H14BrClN2O2/c1-2-5-21-14-4-3-12(7-13(14)17)19-15(20)10-6-11(16)9-18-8-10/h3-4,6-9H,2,5H2,1H3,(H,19,20). The lowest BCUT2D eigenvalue weighted by atomic mass is 10.2. The van der Waals surface area contributed by atoms with Gasteiger partial charge in [0.05, 0.1) is 17.2 Å². The molecule has 110 valence electrons. The number of halogens is 2. The SMILES string of the molecule is CCCOc1ccc(NC(=O)c2cncc(Br)c2)cc1Cl. The molecule has 0 saturated heterocycles. The van der Waals surface area contributed by atoms with Crippen LogP contribution in [0, 0.1) is 0 Å². The van der Waals surface area contributed by atoms with Gasteiger partial charge in [0, 0.05) is 22.6 Å². The third-order valence-corrected chi connectivity index (χ3v) is 3.35. The van der Waals surface area contributed by atoms with E-state index in [1.807, 2.05) is 6.92 Å². The van der Waals surface area contributed by atoms with E-state index >= 15 is 0 Å².